The maximum atomic E-state index is 13.9. The molecule has 1 aromatic heterocycles. The smallest absolute Gasteiger partial charge is 0.320 e. The van der Waals surface area contributed by atoms with Gasteiger partial charge >= 0.3 is 5.97 Å². The Hall–Kier alpha value is -3.03. The van der Waals surface area contributed by atoms with Crippen molar-refractivity contribution >= 4 is 16.7 Å². The molecule has 2 aromatic carbocycles. The van der Waals surface area contributed by atoms with Crippen LogP contribution in [0.4, 0.5) is 4.39 Å². The summed E-state index contributed by atoms with van der Waals surface area (Å²) in [6.45, 7) is 7.02. The maximum absolute atomic E-state index is 13.9. The van der Waals surface area contributed by atoms with Crippen molar-refractivity contribution < 1.29 is 24.5 Å². The Morgan fingerprint density at radius 1 is 1.07 bits per heavy atom. The molecule has 1 heterocycles. The zero-order valence-corrected chi connectivity index (χ0v) is 17.3. The number of benzene rings is 2. The van der Waals surface area contributed by atoms with Crippen LogP contribution >= 0.6 is 0 Å². The largest absolute Gasteiger partial charge is 0.508 e. The zero-order chi connectivity index (χ0) is 22.2. The molecule has 0 saturated carbocycles. The number of aromatic nitrogens is 1. The van der Waals surface area contributed by atoms with Crippen molar-refractivity contribution in [3.63, 3.8) is 0 Å². The normalized spacial score (nSPS) is 13.6. The highest BCUT2D eigenvalue weighted by Crippen LogP contribution is 2.39. The first kappa shape index (κ1) is 21.7. The van der Waals surface area contributed by atoms with Crippen molar-refractivity contribution in [2.75, 3.05) is 0 Å². The second-order valence-corrected chi connectivity index (χ2v) is 7.73. The summed E-state index contributed by atoms with van der Waals surface area (Å²) in [6, 6.07) is 8.57. The molecule has 3 rings (SSSR count). The number of phenols is 1. The molecule has 158 valence electrons. The van der Waals surface area contributed by atoms with E-state index in [2.05, 4.69) is 10.3 Å². The molecule has 0 bridgehead atoms. The van der Waals surface area contributed by atoms with Crippen molar-refractivity contribution in [1.82, 2.24) is 10.3 Å². The van der Waals surface area contributed by atoms with Gasteiger partial charge in [0.25, 0.3) is 0 Å². The number of aryl methyl sites for hydroxylation is 1. The molecular formula is C23H25FN2O4. The van der Waals surface area contributed by atoms with Crippen molar-refractivity contribution in [2.45, 2.75) is 45.9 Å². The third-order valence-electron chi connectivity index (χ3n) is 5.08. The summed E-state index contributed by atoms with van der Waals surface area (Å²) >= 11 is 0. The lowest BCUT2D eigenvalue weighted by Gasteiger charge is -2.22. The van der Waals surface area contributed by atoms with E-state index in [1.807, 2.05) is 13.8 Å². The van der Waals surface area contributed by atoms with E-state index in [0.29, 0.717) is 16.6 Å². The van der Waals surface area contributed by atoms with E-state index in [-0.39, 0.29) is 23.2 Å². The molecule has 7 heteroatoms. The molecule has 0 spiro atoms. The summed E-state index contributed by atoms with van der Waals surface area (Å²) < 4.78 is 13.9. The molecule has 0 aliphatic heterocycles. The number of rotatable bonds is 6. The molecule has 6 nitrogen and oxygen atoms in total. The maximum Gasteiger partial charge on any atom is 0.320 e. The van der Waals surface area contributed by atoms with E-state index in [1.165, 1.54) is 25.1 Å². The summed E-state index contributed by atoms with van der Waals surface area (Å²) in [7, 11) is 0. The Labute approximate surface area is 174 Å². The number of aromatic hydroxyl groups is 1. The first-order valence-electron chi connectivity index (χ1n) is 9.70. The van der Waals surface area contributed by atoms with Crippen LogP contribution in [0.3, 0.4) is 0 Å². The quantitative estimate of drug-likeness (QED) is 0.452. The lowest BCUT2D eigenvalue weighted by molar-refractivity contribution is -0.140. The molecule has 3 aromatic rings. The topological polar surface area (TPSA) is 103 Å². The van der Waals surface area contributed by atoms with E-state index >= 15 is 0 Å². The van der Waals surface area contributed by atoms with Crippen LogP contribution in [0, 0.1) is 12.7 Å². The summed E-state index contributed by atoms with van der Waals surface area (Å²) in [5.41, 5.74) is 2.95. The SMILES string of the molecule is Cc1cc(-c2c(C(C)C)nc(C(O)NC(C)C(=O)O)c3cc(O)ccc23)ccc1F. The van der Waals surface area contributed by atoms with Gasteiger partial charge in [-0.05, 0) is 66.6 Å². The molecule has 2 atom stereocenters. The summed E-state index contributed by atoms with van der Waals surface area (Å²) in [5, 5.41) is 33.7. The Morgan fingerprint density at radius 3 is 2.37 bits per heavy atom. The number of hydrogen-bond acceptors (Lipinski definition) is 5. The van der Waals surface area contributed by atoms with E-state index in [9.17, 15) is 19.4 Å². The highest BCUT2D eigenvalue weighted by atomic mass is 19.1. The number of aliphatic hydroxyl groups is 1. The molecule has 0 saturated heterocycles. The number of phenolic OH excluding ortho intramolecular Hbond substituents is 1. The van der Waals surface area contributed by atoms with Gasteiger partial charge in [-0.1, -0.05) is 19.9 Å². The number of carbonyl (C=O) groups is 1. The number of halogens is 1. The standard InChI is InChI=1S/C23H25FN2O4/c1-11(2)20-19(14-5-8-18(24)12(3)9-14)16-7-6-15(27)10-17(16)21(26-20)22(28)25-13(4)23(29)30/h5-11,13,22,25,27-28H,1-4H3,(H,29,30). The average molecular weight is 412 g/mol. The van der Waals surface area contributed by atoms with Crippen LogP contribution in [0.25, 0.3) is 21.9 Å². The van der Waals surface area contributed by atoms with E-state index in [1.54, 1.807) is 25.1 Å². The Morgan fingerprint density at radius 2 is 1.77 bits per heavy atom. The zero-order valence-electron chi connectivity index (χ0n) is 17.3. The number of aliphatic carboxylic acids is 1. The number of carboxylic acid groups (broad SMARTS) is 1. The summed E-state index contributed by atoms with van der Waals surface area (Å²) in [4.78, 5) is 15.9. The number of nitrogens with one attached hydrogen (secondary N) is 1. The number of carboxylic acids is 1. The van der Waals surface area contributed by atoms with Crippen molar-refractivity contribution in [3.8, 4) is 16.9 Å². The van der Waals surface area contributed by atoms with Crippen molar-refractivity contribution in [1.29, 1.82) is 0 Å². The van der Waals surface area contributed by atoms with Crippen LogP contribution in [0.5, 0.6) is 5.75 Å². The first-order valence-corrected chi connectivity index (χ1v) is 9.70. The third-order valence-corrected chi connectivity index (χ3v) is 5.08. The van der Waals surface area contributed by atoms with Crippen LogP contribution in [-0.2, 0) is 4.79 Å². The molecule has 2 unspecified atom stereocenters. The van der Waals surface area contributed by atoms with Gasteiger partial charge in [-0.25, -0.2) is 4.39 Å². The number of aliphatic hydroxyl groups excluding tert-OH is 1. The van der Waals surface area contributed by atoms with Gasteiger partial charge in [-0.15, -0.1) is 0 Å². The number of hydrogen-bond donors (Lipinski definition) is 4. The van der Waals surface area contributed by atoms with Gasteiger partial charge < -0.3 is 15.3 Å². The average Bonchev–Trinajstić information content (AvgIpc) is 2.68. The monoisotopic (exact) mass is 412 g/mol. The van der Waals surface area contributed by atoms with Crippen LogP contribution in [-0.4, -0.2) is 32.3 Å². The van der Waals surface area contributed by atoms with Gasteiger partial charge in [-0.2, -0.15) is 0 Å². The fourth-order valence-electron chi connectivity index (χ4n) is 3.46. The van der Waals surface area contributed by atoms with E-state index in [4.69, 9.17) is 5.11 Å². The van der Waals surface area contributed by atoms with Crippen LogP contribution in [0.15, 0.2) is 36.4 Å². The summed E-state index contributed by atoms with van der Waals surface area (Å²) in [6.07, 6.45) is -1.36. The van der Waals surface area contributed by atoms with Crippen LogP contribution in [0.2, 0.25) is 0 Å². The second-order valence-electron chi connectivity index (χ2n) is 7.73. The molecule has 0 aliphatic carbocycles. The van der Waals surface area contributed by atoms with Gasteiger partial charge in [-0.3, -0.25) is 15.1 Å². The molecule has 4 N–H and O–H groups in total. The fraction of sp³-hybridized carbons (Fsp3) is 0.304. The minimum atomic E-state index is -1.36. The first-order chi connectivity index (χ1) is 14.1. The molecule has 0 radical (unpaired) electrons. The Bertz CT molecular complexity index is 1110. The van der Waals surface area contributed by atoms with Gasteiger partial charge in [0.05, 0.1) is 11.4 Å². The predicted molar refractivity (Wildman–Crippen MR) is 113 cm³/mol. The molecular weight excluding hydrogens is 387 g/mol. The minimum absolute atomic E-state index is 0.0115. The number of pyridine rings is 1. The predicted octanol–water partition coefficient (Wildman–Crippen LogP) is 4.23. The number of nitrogens with zero attached hydrogens (tertiary/aromatic N) is 1. The van der Waals surface area contributed by atoms with Crippen LogP contribution in [0.1, 0.15) is 49.9 Å². The van der Waals surface area contributed by atoms with E-state index < -0.39 is 18.2 Å². The summed E-state index contributed by atoms with van der Waals surface area (Å²) in [5.74, 6) is -1.46. The molecule has 0 amide bonds. The molecule has 0 fully saturated rings. The minimum Gasteiger partial charge on any atom is -0.508 e. The third kappa shape index (κ3) is 4.13. The van der Waals surface area contributed by atoms with Crippen molar-refractivity contribution in [3.05, 3.63) is 59.2 Å². The second kappa shape index (κ2) is 8.38. The van der Waals surface area contributed by atoms with E-state index in [0.717, 1.165) is 16.5 Å². The highest BCUT2D eigenvalue weighted by molar-refractivity contribution is 6.00. The van der Waals surface area contributed by atoms with Gasteiger partial charge in [0.2, 0.25) is 0 Å². The van der Waals surface area contributed by atoms with Gasteiger partial charge in [0, 0.05) is 10.9 Å². The van der Waals surface area contributed by atoms with Crippen LogP contribution < -0.4 is 5.32 Å². The highest BCUT2D eigenvalue weighted by Gasteiger charge is 2.24. The number of fused-ring (bicyclic) bond motifs is 1. The Kier molecular flexibility index (Phi) is 6.05. The lowest BCUT2D eigenvalue weighted by Crippen LogP contribution is -2.37. The Balaban J connectivity index is 2.31. The molecule has 0 aliphatic rings. The fourth-order valence-corrected chi connectivity index (χ4v) is 3.46. The van der Waals surface area contributed by atoms with Gasteiger partial charge in [0.15, 0.2) is 0 Å². The lowest BCUT2D eigenvalue weighted by atomic mass is 9.90. The molecule has 30 heavy (non-hydrogen) atoms. The van der Waals surface area contributed by atoms with Crippen molar-refractivity contribution in [2.24, 2.45) is 0 Å². The van der Waals surface area contributed by atoms with Gasteiger partial charge in [0.1, 0.15) is 23.8 Å².